The van der Waals surface area contributed by atoms with Crippen molar-refractivity contribution in [1.29, 1.82) is 0 Å². The minimum absolute atomic E-state index is 0.575. The second kappa shape index (κ2) is 7.56. The van der Waals surface area contributed by atoms with E-state index in [1.165, 1.54) is 69.8 Å². The van der Waals surface area contributed by atoms with Crippen molar-refractivity contribution in [3.05, 3.63) is 23.9 Å². The Kier molecular flexibility index (Phi) is 5.02. The third kappa shape index (κ3) is 3.59. The van der Waals surface area contributed by atoms with Crippen molar-refractivity contribution >= 4 is 11.0 Å². The van der Waals surface area contributed by atoms with Crippen molar-refractivity contribution in [3.8, 4) is 5.75 Å². The standard InChI is InChI=1S/C20H28N2O2/c1-3-7-16(8-4-1)20-18-10-9-17(15-19(18)24-21-20)23-14-13-22-11-5-2-6-12-22/h9-10,15-16H,1-8,11-14H2. The van der Waals surface area contributed by atoms with Crippen molar-refractivity contribution in [1.82, 2.24) is 10.1 Å². The molecule has 0 atom stereocenters. The maximum Gasteiger partial charge on any atom is 0.170 e. The van der Waals surface area contributed by atoms with E-state index >= 15 is 0 Å². The molecular formula is C20H28N2O2. The third-order valence-electron chi connectivity index (χ3n) is 5.59. The van der Waals surface area contributed by atoms with Gasteiger partial charge >= 0.3 is 0 Å². The maximum atomic E-state index is 5.94. The summed E-state index contributed by atoms with van der Waals surface area (Å²) in [6, 6.07) is 6.21. The highest BCUT2D eigenvalue weighted by molar-refractivity contribution is 5.81. The predicted octanol–water partition coefficient (Wildman–Crippen LogP) is 4.74. The summed E-state index contributed by atoms with van der Waals surface area (Å²) in [5.41, 5.74) is 2.02. The molecule has 24 heavy (non-hydrogen) atoms. The zero-order valence-electron chi connectivity index (χ0n) is 14.5. The molecule has 1 saturated carbocycles. The van der Waals surface area contributed by atoms with Crippen molar-refractivity contribution in [2.75, 3.05) is 26.2 Å². The Hall–Kier alpha value is -1.55. The second-order valence-electron chi connectivity index (χ2n) is 7.31. The van der Waals surface area contributed by atoms with E-state index in [1.54, 1.807) is 0 Å². The minimum atomic E-state index is 0.575. The lowest BCUT2D eigenvalue weighted by Crippen LogP contribution is -2.33. The molecule has 0 bridgehead atoms. The van der Waals surface area contributed by atoms with Crippen molar-refractivity contribution < 1.29 is 9.26 Å². The quantitative estimate of drug-likeness (QED) is 0.794. The number of benzene rings is 1. The van der Waals surface area contributed by atoms with Crippen LogP contribution in [0.5, 0.6) is 5.75 Å². The number of aromatic nitrogens is 1. The molecular weight excluding hydrogens is 300 g/mol. The van der Waals surface area contributed by atoms with Gasteiger partial charge in [0, 0.05) is 23.9 Å². The molecule has 0 N–H and O–H groups in total. The third-order valence-corrected chi connectivity index (χ3v) is 5.59. The van der Waals surface area contributed by atoms with Gasteiger partial charge in [0.25, 0.3) is 0 Å². The first-order valence-electron chi connectivity index (χ1n) is 9.64. The summed E-state index contributed by atoms with van der Waals surface area (Å²) in [5, 5.41) is 5.55. The number of fused-ring (bicyclic) bond motifs is 1. The molecule has 0 unspecified atom stereocenters. The number of nitrogens with zero attached hydrogens (tertiary/aromatic N) is 2. The van der Waals surface area contributed by atoms with Gasteiger partial charge in [-0.2, -0.15) is 0 Å². The van der Waals surface area contributed by atoms with E-state index in [4.69, 9.17) is 9.26 Å². The Morgan fingerprint density at radius 3 is 2.67 bits per heavy atom. The van der Waals surface area contributed by atoms with E-state index in [0.717, 1.165) is 30.2 Å². The summed E-state index contributed by atoms with van der Waals surface area (Å²) < 4.78 is 11.5. The molecule has 0 amide bonds. The zero-order valence-corrected chi connectivity index (χ0v) is 14.5. The molecule has 1 aromatic carbocycles. The Bertz CT molecular complexity index is 655. The molecule has 4 heteroatoms. The topological polar surface area (TPSA) is 38.5 Å². The highest BCUT2D eigenvalue weighted by atomic mass is 16.5. The predicted molar refractivity (Wildman–Crippen MR) is 95.6 cm³/mol. The first-order chi connectivity index (χ1) is 11.9. The second-order valence-corrected chi connectivity index (χ2v) is 7.31. The summed E-state index contributed by atoms with van der Waals surface area (Å²) in [6.07, 6.45) is 10.5. The van der Waals surface area contributed by atoms with Crippen LogP contribution >= 0.6 is 0 Å². The van der Waals surface area contributed by atoms with Crippen molar-refractivity contribution in [3.63, 3.8) is 0 Å². The minimum Gasteiger partial charge on any atom is -0.492 e. The number of rotatable bonds is 5. The Labute approximate surface area is 144 Å². The van der Waals surface area contributed by atoms with Crippen molar-refractivity contribution in [2.24, 2.45) is 0 Å². The van der Waals surface area contributed by atoms with Crippen LogP contribution in [0.15, 0.2) is 22.7 Å². The van der Waals surface area contributed by atoms with Gasteiger partial charge in [0.2, 0.25) is 0 Å². The average molecular weight is 328 g/mol. The largest absolute Gasteiger partial charge is 0.492 e. The maximum absolute atomic E-state index is 5.94. The van der Waals surface area contributed by atoms with E-state index in [9.17, 15) is 0 Å². The van der Waals surface area contributed by atoms with E-state index in [1.807, 2.05) is 6.07 Å². The highest BCUT2D eigenvalue weighted by Gasteiger charge is 2.21. The van der Waals surface area contributed by atoms with Gasteiger partial charge in [-0.3, -0.25) is 4.90 Å². The summed E-state index contributed by atoms with van der Waals surface area (Å²) in [4.78, 5) is 2.50. The van der Waals surface area contributed by atoms with Crippen LogP contribution in [0, 0.1) is 0 Å². The lowest BCUT2D eigenvalue weighted by molar-refractivity contribution is 0.183. The molecule has 2 aliphatic rings. The van der Waals surface area contributed by atoms with Gasteiger partial charge in [-0.15, -0.1) is 0 Å². The van der Waals surface area contributed by atoms with E-state index in [-0.39, 0.29) is 0 Å². The van der Waals surface area contributed by atoms with Crippen LogP contribution in [0.1, 0.15) is 63.0 Å². The first-order valence-corrected chi connectivity index (χ1v) is 9.64. The van der Waals surface area contributed by atoms with E-state index in [0.29, 0.717) is 5.92 Å². The summed E-state index contributed by atoms with van der Waals surface area (Å²) >= 11 is 0. The molecule has 0 spiro atoms. The molecule has 1 aliphatic heterocycles. The van der Waals surface area contributed by atoms with Crippen LogP contribution < -0.4 is 4.74 Å². The lowest BCUT2D eigenvalue weighted by Gasteiger charge is -2.26. The number of piperidine rings is 1. The lowest BCUT2D eigenvalue weighted by atomic mass is 9.86. The van der Waals surface area contributed by atoms with Gasteiger partial charge in [0.1, 0.15) is 12.4 Å². The SMILES string of the molecule is c1cc2c(C3CCCCC3)noc2cc1OCCN1CCCCC1. The summed E-state index contributed by atoms with van der Waals surface area (Å²) in [7, 11) is 0. The molecule has 1 saturated heterocycles. The normalized spacial score (nSPS) is 20.5. The molecule has 2 heterocycles. The molecule has 1 aromatic heterocycles. The van der Waals surface area contributed by atoms with Gasteiger partial charge in [-0.25, -0.2) is 0 Å². The first kappa shape index (κ1) is 15.9. The Balaban J connectivity index is 1.38. The molecule has 4 nitrogen and oxygen atoms in total. The zero-order chi connectivity index (χ0) is 16.2. The summed E-state index contributed by atoms with van der Waals surface area (Å²) in [6.45, 7) is 4.20. The van der Waals surface area contributed by atoms with Gasteiger partial charge in [0.05, 0.1) is 5.69 Å². The fraction of sp³-hybridized carbons (Fsp3) is 0.650. The van der Waals surface area contributed by atoms with Crippen LogP contribution in [0.2, 0.25) is 0 Å². The number of ether oxygens (including phenoxy) is 1. The van der Waals surface area contributed by atoms with Gasteiger partial charge in [-0.1, -0.05) is 30.8 Å². The molecule has 2 aromatic rings. The van der Waals surface area contributed by atoms with Gasteiger partial charge in [0.15, 0.2) is 5.58 Å². The van der Waals surface area contributed by atoms with Gasteiger partial charge in [-0.05, 0) is 50.9 Å². The Morgan fingerprint density at radius 2 is 1.83 bits per heavy atom. The van der Waals surface area contributed by atoms with Crippen LogP contribution in [0.4, 0.5) is 0 Å². The highest BCUT2D eigenvalue weighted by Crippen LogP contribution is 2.36. The van der Waals surface area contributed by atoms with Crippen molar-refractivity contribution in [2.45, 2.75) is 57.3 Å². The van der Waals surface area contributed by atoms with Gasteiger partial charge < -0.3 is 9.26 Å². The molecule has 130 valence electrons. The average Bonchev–Trinajstić information content (AvgIpc) is 3.07. The van der Waals surface area contributed by atoms with Crippen LogP contribution in [0.25, 0.3) is 11.0 Å². The van der Waals surface area contributed by atoms with Crippen LogP contribution in [-0.4, -0.2) is 36.3 Å². The molecule has 0 radical (unpaired) electrons. The number of hydrogen-bond donors (Lipinski definition) is 0. The van der Waals surface area contributed by atoms with E-state index in [2.05, 4.69) is 22.2 Å². The smallest absolute Gasteiger partial charge is 0.170 e. The van der Waals surface area contributed by atoms with E-state index < -0.39 is 0 Å². The van der Waals surface area contributed by atoms with Crippen LogP contribution in [-0.2, 0) is 0 Å². The monoisotopic (exact) mass is 328 g/mol. The number of likely N-dealkylation sites (tertiary alicyclic amines) is 1. The molecule has 2 fully saturated rings. The number of hydrogen-bond acceptors (Lipinski definition) is 4. The molecule has 4 rings (SSSR count). The summed E-state index contributed by atoms with van der Waals surface area (Å²) in [5.74, 6) is 1.47. The van der Waals surface area contributed by atoms with Crippen LogP contribution in [0.3, 0.4) is 0 Å². The fourth-order valence-corrected chi connectivity index (χ4v) is 4.17. The molecule has 1 aliphatic carbocycles. The fourth-order valence-electron chi connectivity index (χ4n) is 4.17. The Morgan fingerprint density at radius 1 is 1.04 bits per heavy atom.